The number of hydrogen-bond donors (Lipinski definition) is 1. The first-order valence-corrected chi connectivity index (χ1v) is 12.0. The van der Waals surface area contributed by atoms with E-state index in [0.717, 1.165) is 33.9 Å². The lowest BCUT2D eigenvalue weighted by Gasteiger charge is -2.10. The molecular weight excluding hydrogens is 470 g/mol. The Bertz CT molecular complexity index is 1340. The van der Waals surface area contributed by atoms with Crippen LogP contribution in [0.5, 0.6) is 0 Å². The topological polar surface area (TPSA) is 72.7 Å². The first-order valence-electron chi connectivity index (χ1n) is 10.8. The number of carbonyl (C=O) groups excluding carboxylic acids is 2. The highest BCUT2D eigenvalue weighted by molar-refractivity contribution is 8.18. The normalized spacial score (nSPS) is 15.7. The maximum Gasteiger partial charge on any atom is 0.338 e. The number of aliphatic imine (C=N–C) groups is 1. The Morgan fingerprint density at radius 3 is 2.59 bits per heavy atom. The van der Waals surface area contributed by atoms with Crippen LogP contribution in [0.1, 0.15) is 39.8 Å². The SMILES string of the molecule is CCOC(=O)c1ccc(-n2c(C)cc(/C=C3\SC(=Nc4cc(Cl)ccc4C)NC3=O)c2C)cc1. The van der Waals surface area contributed by atoms with Crippen molar-refractivity contribution < 1.29 is 14.3 Å². The maximum atomic E-state index is 12.6. The number of ether oxygens (including phenoxy) is 1. The zero-order valence-corrected chi connectivity index (χ0v) is 20.9. The van der Waals surface area contributed by atoms with Gasteiger partial charge in [0.2, 0.25) is 0 Å². The number of rotatable bonds is 5. The van der Waals surface area contributed by atoms with Gasteiger partial charge in [-0.2, -0.15) is 0 Å². The van der Waals surface area contributed by atoms with Crippen molar-refractivity contribution in [2.45, 2.75) is 27.7 Å². The number of benzene rings is 2. The summed E-state index contributed by atoms with van der Waals surface area (Å²) < 4.78 is 7.14. The summed E-state index contributed by atoms with van der Waals surface area (Å²) in [5.41, 5.74) is 6.07. The molecule has 1 aliphatic rings. The highest BCUT2D eigenvalue weighted by Crippen LogP contribution is 2.32. The van der Waals surface area contributed by atoms with Crippen molar-refractivity contribution in [1.82, 2.24) is 9.88 Å². The molecule has 3 aromatic rings. The van der Waals surface area contributed by atoms with Gasteiger partial charge < -0.3 is 14.6 Å². The number of aromatic nitrogens is 1. The Labute approximate surface area is 207 Å². The number of thioether (sulfide) groups is 1. The maximum absolute atomic E-state index is 12.6. The van der Waals surface area contributed by atoms with Crippen LogP contribution < -0.4 is 5.32 Å². The number of amides is 1. The van der Waals surface area contributed by atoms with Gasteiger partial charge in [0.05, 0.1) is 22.8 Å². The van der Waals surface area contributed by atoms with Crippen LogP contribution in [0.3, 0.4) is 0 Å². The van der Waals surface area contributed by atoms with Crippen molar-refractivity contribution in [3.05, 3.63) is 86.5 Å². The molecule has 8 heteroatoms. The molecule has 174 valence electrons. The average Bonchev–Trinajstić information content (AvgIpc) is 3.28. The second-order valence-corrected chi connectivity index (χ2v) is 9.31. The van der Waals surface area contributed by atoms with Crippen LogP contribution in [0.25, 0.3) is 11.8 Å². The van der Waals surface area contributed by atoms with E-state index in [4.69, 9.17) is 16.3 Å². The molecule has 1 amide bonds. The van der Waals surface area contributed by atoms with E-state index in [2.05, 4.69) is 14.9 Å². The molecule has 0 spiro atoms. The third kappa shape index (κ3) is 4.95. The number of esters is 1. The largest absolute Gasteiger partial charge is 0.462 e. The number of hydrogen-bond acceptors (Lipinski definition) is 5. The monoisotopic (exact) mass is 493 g/mol. The molecule has 2 aromatic carbocycles. The first-order chi connectivity index (χ1) is 16.3. The number of nitrogens with one attached hydrogen (secondary N) is 1. The van der Waals surface area contributed by atoms with Crippen LogP contribution >= 0.6 is 23.4 Å². The van der Waals surface area contributed by atoms with Gasteiger partial charge in [-0.3, -0.25) is 4.79 Å². The van der Waals surface area contributed by atoms with Gasteiger partial charge in [-0.05, 0) is 99.1 Å². The molecule has 2 heterocycles. The number of amidine groups is 1. The van der Waals surface area contributed by atoms with Gasteiger partial charge in [-0.15, -0.1) is 0 Å². The Kier molecular flexibility index (Phi) is 6.95. The van der Waals surface area contributed by atoms with Crippen molar-refractivity contribution in [1.29, 1.82) is 0 Å². The number of aryl methyl sites for hydroxylation is 2. The van der Waals surface area contributed by atoms with E-state index in [9.17, 15) is 9.59 Å². The quantitative estimate of drug-likeness (QED) is 0.343. The van der Waals surface area contributed by atoms with Crippen molar-refractivity contribution >= 4 is 52.2 Å². The minimum atomic E-state index is -0.338. The van der Waals surface area contributed by atoms with Crippen LogP contribution in [0.4, 0.5) is 5.69 Å². The summed E-state index contributed by atoms with van der Waals surface area (Å²) in [6.07, 6.45) is 1.87. The summed E-state index contributed by atoms with van der Waals surface area (Å²) in [5, 5.41) is 3.94. The van der Waals surface area contributed by atoms with E-state index < -0.39 is 0 Å². The fourth-order valence-corrected chi connectivity index (χ4v) is 4.72. The van der Waals surface area contributed by atoms with Crippen LogP contribution in [0, 0.1) is 20.8 Å². The lowest BCUT2D eigenvalue weighted by atomic mass is 10.2. The van der Waals surface area contributed by atoms with Crippen LogP contribution in [-0.4, -0.2) is 28.2 Å². The molecule has 6 nitrogen and oxygen atoms in total. The Morgan fingerprint density at radius 1 is 1.15 bits per heavy atom. The molecular formula is C26H24ClN3O3S. The number of carbonyl (C=O) groups is 2. The summed E-state index contributed by atoms with van der Waals surface area (Å²) in [6.45, 7) is 8.07. The Balaban J connectivity index is 1.60. The molecule has 4 rings (SSSR count). The molecule has 0 bridgehead atoms. The van der Waals surface area contributed by atoms with Crippen LogP contribution in [0.15, 0.2) is 58.4 Å². The van der Waals surface area contributed by atoms with Crippen molar-refractivity contribution in [2.75, 3.05) is 6.61 Å². The highest BCUT2D eigenvalue weighted by Gasteiger charge is 2.25. The second kappa shape index (κ2) is 9.91. The third-order valence-corrected chi connectivity index (χ3v) is 6.58. The Hall–Kier alpha value is -3.29. The summed E-state index contributed by atoms with van der Waals surface area (Å²) >= 11 is 7.39. The molecule has 0 aliphatic carbocycles. The number of halogens is 1. The summed E-state index contributed by atoms with van der Waals surface area (Å²) in [6, 6.07) is 14.8. The molecule has 0 unspecified atom stereocenters. The predicted octanol–water partition coefficient (Wildman–Crippen LogP) is 6.12. The zero-order valence-electron chi connectivity index (χ0n) is 19.3. The fourth-order valence-electron chi connectivity index (χ4n) is 3.73. The van der Waals surface area contributed by atoms with Gasteiger partial charge in [-0.25, -0.2) is 9.79 Å². The van der Waals surface area contributed by atoms with E-state index in [0.29, 0.717) is 27.3 Å². The minimum absolute atomic E-state index is 0.188. The molecule has 1 aliphatic heterocycles. The molecule has 1 N–H and O–H groups in total. The Morgan fingerprint density at radius 2 is 1.88 bits per heavy atom. The van der Waals surface area contributed by atoms with E-state index in [1.54, 1.807) is 25.1 Å². The van der Waals surface area contributed by atoms with Gasteiger partial charge >= 0.3 is 5.97 Å². The number of nitrogens with zero attached hydrogens (tertiary/aromatic N) is 2. The second-order valence-electron chi connectivity index (χ2n) is 7.84. The lowest BCUT2D eigenvalue weighted by molar-refractivity contribution is -0.115. The van der Waals surface area contributed by atoms with Crippen molar-refractivity contribution in [2.24, 2.45) is 4.99 Å². The predicted molar refractivity (Wildman–Crippen MR) is 138 cm³/mol. The van der Waals surface area contributed by atoms with Gasteiger partial charge in [0.1, 0.15) is 0 Å². The molecule has 34 heavy (non-hydrogen) atoms. The molecule has 1 aromatic heterocycles. The highest BCUT2D eigenvalue weighted by atomic mass is 35.5. The van der Waals surface area contributed by atoms with E-state index in [1.165, 1.54) is 11.8 Å². The van der Waals surface area contributed by atoms with Gasteiger partial charge in [0.25, 0.3) is 5.91 Å². The van der Waals surface area contributed by atoms with Gasteiger partial charge in [0, 0.05) is 22.1 Å². The average molecular weight is 494 g/mol. The first kappa shape index (κ1) is 23.9. The summed E-state index contributed by atoms with van der Waals surface area (Å²) in [4.78, 5) is 29.7. The van der Waals surface area contributed by atoms with Gasteiger partial charge in [-0.1, -0.05) is 17.7 Å². The third-order valence-electron chi connectivity index (χ3n) is 5.44. The lowest BCUT2D eigenvalue weighted by Crippen LogP contribution is -2.19. The van der Waals surface area contributed by atoms with Crippen LogP contribution in [-0.2, 0) is 9.53 Å². The summed E-state index contributed by atoms with van der Waals surface area (Å²) in [7, 11) is 0. The van der Waals surface area contributed by atoms with Crippen LogP contribution in [0.2, 0.25) is 5.02 Å². The van der Waals surface area contributed by atoms with E-state index in [1.807, 2.05) is 57.2 Å². The smallest absolute Gasteiger partial charge is 0.338 e. The van der Waals surface area contributed by atoms with Crippen molar-refractivity contribution in [3.63, 3.8) is 0 Å². The van der Waals surface area contributed by atoms with E-state index in [-0.39, 0.29) is 11.9 Å². The standard InChI is InChI=1S/C26H24ClN3O3S/c1-5-33-25(32)18-7-10-21(11-8-18)30-16(3)12-19(17(30)4)13-23-24(31)29-26(34-23)28-22-14-20(27)9-6-15(22)2/h6-14H,5H2,1-4H3,(H,28,29,31)/b23-13-. The molecule has 1 saturated heterocycles. The van der Waals surface area contributed by atoms with Crippen molar-refractivity contribution in [3.8, 4) is 5.69 Å². The molecule has 0 saturated carbocycles. The molecule has 1 fully saturated rings. The van der Waals surface area contributed by atoms with E-state index >= 15 is 0 Å². The molecule has 0 atom stereocenters. The molecule has 0 radical (unpaired) electrons. The minimum Gasteiger partial charge on any atom is -0.462 e. The fraction of sp³-hybridized carbons (Fsp3) is 0.192. The summed E-state index contributed by atoms with van der Waals surface area (Å²) in [5.74, 6) is -0.526. The zero-order chi connectivity index (χ0) is 24.4. The van der Waals surface area contributed by atoms with Gasteiger partial charge in [0.15, 0.2) is 5.17 Å².